The first-order valence-corrected chi connectivity index (χ1v) is 5.45. The lowest BCUT2D eigenvalue weighted by Gasteiger charge is -2.07. The largest absolute Gasteiger partial charge is 0.314 e. The van der Waals surface area contributed by atoms with E-state index in [4.69, 9.17) is 0 Å². The van der Waals surface area contributed by atoms with Gasteiger partial charge in [-0.3, -0.25) is 0 Å². The minimum atomic E-state index is 0.576. The van der Waals surface area contributed by atoms with E-state index in [2.05, 4.69) is 59.4 Å². The van der Waals surface area contributed by atoms with E-state index >= 15 is 0 Å². The SMILES string of the molecule is CC(C)NCCc1cccc(Br)c1. The third-order valence-corrected chi connectivity index (χ3v) is 2.35. The maximum absolute atomic E-state index is 3.46. The van der Waals surface area contributed by atoms with E-state index in [0.29, 0.717) is 6.04 Å². The first-order chi connectivity index (χ1) is 6.18. The third kappa shape index (κ3) is 4.44. The zero-order chi connectivity index (χ0) is 9.68. The second kappa shape index (κ2) is 5.40. The average Bonchev–Trinajstić information content (AvgIpc) is 2.03. The molecule has 1 nitrogen and oxygen atoms in total. The van der Waals surface area contributed by atoms with Gasteiger partial charge in [0.05, 0.1) is 0 Å². The van der Waals surface area contributed by atoms with Gasteiger partial charge in [0.15, 0.2) is 0 Å². The van der Waals surface area contributed by atoms with Crippen molar-refractivity contribution >= 4 is 15.9 Å². The number of hydrogen-bond acceptors (Lipinski definition) is 1. The number of rotatable bonds is 4. The van der Waals surface area contributed by atoms with E-state index in [-0.39, 0.29) is 0 Å². The van der Waals surface area contributed by atoms with Crippen LogP contribution in [0.15, 0.2) is 28.7 Å². The van der Waals surface area contributed by atoms with Crippen LogP contribution in [0.1, 0.15) is 19.4 Å². The summed E-state index contributed by atoms with van der Waals surface area (Å²) in [6.45, 7) is 5.38. The van der Waals surface area contributed by atoms with Crippen molar-refractivity contribution in [2.75, 3.05) is 6.54 Å². The number of halogens is 1. The molecule has 0 aliphatic carbocycles. The molecule has 0 amide bonds. The molecule has 0 spiro atoms. The predicted octanol–water partition coefficient (Wildman–Crippen LogP) is 2.99. The van der Waals surface area contributed by atoms with E-state index in [9.17, 15) is 0 Å². The molecule has 0 aromatic heterocycles. The van der Waals surface area contributed by atoms with Crippen LogP contribution in [-0.4, -0.2) is 12.6 Å². The average molecular weight is 242 g/mol. The van der Waals surface area contributed by atoms with Crippen LogP contribution in [0, 0.1) is 0 Å². The maximum atomic E-state index is 3.46. The summed E-state index contributed by atoms with van der Waals surface area (Å²) in [5.41, 5.74) is 1.38. The van der Waals surface area contributed by atoms with E-state index in [1.165, 1.54) is 5.56 Å². The van der Waals surface area contributed by atoms with Gasteiger partial charge in [0.2, 0.25) is 0 Å². The predicted molar refractivity (Wildman–Crippen MR) is 61.0 cm³/mol. The van der Waals surface area contributed by atoms with Crippen molar-refractivity contribution in [2.24, 2.45) is 0 Å². The molecule has 72 valence electrons. The summed E-state index contributed by atoms with van der Waals surface area (Å²) in [4.78, 5) is 0. The van der Waals surface area contributed by atoms with Gasteiger partial charge in [-0.2, -0.15) is 0 Å². The van der Waals surface area contributed by atoms with Gasteiger partial charge in [-0.05, 0) is 30.7 Å². The standard InChI is InChI=1S/C11H16BrN/c1-9(2)13-7-6-10-4-3-5-11(12)8-10/h3-5,8-9,13H,6-7H2,1-2H3. The summed E-state index contributed by atoms with van der Waals surface area (Å²) in [7, 11) is 0. The fraction of sp³-hybridized carbons (Fsp3) is 0.455. The first kappa shape index (κ1) is 10.7. The smallest absolute Gasteiger partial charge is 0.0178 e. The van der Waals surface area contributed by atoms with Crippen LogP contribution in [0.25, 0.3) is 0 Å². The number of nitrogens with one attached hydrogen (secondary N) is 1. The van der Waals surface area contributed by atoms with Crippen LogP contribution in [-0.2, 0) is 6.42 Å². The molecule has 0 aliphatic rings. The Morgan fingerprint density at radius 1 is 1.38 bits per heavy atom. The van der Waals surface area contributed by atoms with Crippen molar-refractivity contribution in [1.82, 2.24) is 5.32 Å². The second-order valence-corrected chi connectivity index (χ2v) is 4.40. The molecule has 1 aromatic rings. The fourth-order valence-corrected chi connectivity index (χ4v) is 1.64. The molecule has 0 bridgehead atoms. The van der Waals surface area contributed by atoms with E-state index in [1.807, 2.05) is 0 Å². The molecule has 0 atom stereocenters. The van der Waals surface area contributed by atoms with Crippen molar-refractivity contribution in [1.29, 1.82) is 0 Å². The molecule has 0 aliphatic heterocycles. The van der Waals surface area contributed by atoms with Crippen molar-refractivity contribution in [3.63, 3.8) is 0 Å². The minimum Gasteiger partial charge on any atom is -0.314 e. The molecule has 1 rings (SSSR count). The number of benzene rings is 1. The maximum Gasteiger partial charge on any atom is 0.0178 e. The molecule has 0 fully saturated rings. The summed E-state index contributed by atoms with van der Waals surface area (Å²) < 4.78 is 1.16. The summed E-state index contributed by atoms with van der Waals surface area (Å²) in [5, 5.41) is 3.40. The summed E-state index contributed by atoms with van der Waals surface area (Å²) in [6, 6.07) is 9.04. The number of hydrogen-bond donors (Lipinski definition) is 1. The van der Waals surface area contributed by atoms with Crippen LogP contribution < -0.4 is 5.32 Å². The molecule has 0 heterocycles. The molecular formula is C11H16BrN. The molecule has 0 saturated heterocycles. The Kier molecular flexibility index (Phi) is 4.46. The molecule has 0 unspecified atom stereocenters. The lowest BCUT2D eigenvalue weighted by Crippen LogP contribution is -2.24. The Hall–Kier alpha value is -0.340. The zero-order valence-electron chi connectivity index (χ0n) is 8.18. The summed E-state index contributed by atoms with van der Waals surface area (Å²) in [6.07, 6.45) is 1.09. The van der Waals surface area contributed by atoms with Crippen LogP contribution in [0.4, 0.5) is 0 Å². The Balaban J connectivity index is 2.37. The quantitative estimate of drug-likeness (QED) is 0.855. The molecule has 1 aromatic carbocycles. The lowest BCUT2D eigenvalue weighted by molar-refractivity contribution is 0.590. The van der Waals surface area contributed by atoms with Crippen LogP contribution in [0.3, 0.4) is 0 Å². The van der Waals surface area contributed by atoms with Gasteiger partial charge in [-0.1, -0.05) is 41.9 Å². The van der Waals surface area contributed by atoms with Crippen molar-refractivity contribution in [2.45, 2.75) is 26.3 Å². The van der Waals surface area contributed by atoms with Crippen LogP contribution in [0.5, 0.6) is 0 Å². The van der Waals surface area contributed by atoms with Gasteiger partial charge >= 0.3 is 0 Å². The molecule has 0 radical (unpaired) electrons. The highest BCUT2D eigenvalue weighted by molar-refractivity contribution is 9.10. The summed E-state index contributed by atoms with van der Waals surface area (Å²) >= 11 is 3.46. The van der Waals surface area contributed by atoms with Gasteiger partial charge in [-0.15, -0.1) is 0 Å². The van der Waals surface area contributed by atoms with E-state index in [0.717, 1.165) is 17.4 Å². The minimum absolute atomic E-state index is 0.576. The Morgan fingerprint density at radius 2 is 2.15 bits per heavy atom. The monoisotopic (exact) mass is 241 g/mol. The van der Waals surface area contributed by atoms with Gasteiger partial charge < -0.3 is 5.32 Å². The topological polar surface area (TPSA) is 12.0 Å². The molecule has 1 N–H and O–H groups in total. The highest BCUT2D eigenvalue weighted by atomic mass is 79.9. The summed E-state index contributed by atoms with van der Waals surface area (Å²) in [5.74, 6) is 0. The second-order valence-electron chi connectivity index (χ2n) is 3.49. The van der Waals surface area contributed by atoms with E-state index in [1.54, 1.807) is 0 Å². The zero-order valence-corrected chi connectivity index (χ0v) is 9.76. The van der Waals surface area contributed by atoms with Crippen LogP contribution >= 0.6 is 15.9 Å². The lowest BCUT2D eigenvalue weighted by atomic mass is 10.1. The normalized spacial score (nSPS) is 10.8. The van der Waals surface area contributed by atoms with E-state index < -0.39 is 0 Å². The van der Waals surface area contributed by atoms with Gasteiger partial charge in [-0.25, -0.2) is 0 Å². The molecule has 13 heavy (non-hydrogen) atoms. The molecular weight excluding hydrogens is 226 g/mol. The molecule has 2 heteroatoms. The van der Waals surface area contributed by atoms with Crippen LogP contribution in [0.2, 0.25) is 0 Å². The van der Waals surface area contributed by atoms with Gasteiger partial charge in [0.1, 0.15) is 0 Å². The van der Waals surface area contributed by atoms with Gasteiger partial charge in [0, 0.05) is 10.5 Å². The Bertz CT molecular complexity index is 258. The van der Waals surface area contributed by atoms with Gasteiger partial charge in [0.25, 0.3) is 0 Å². The fourth-order valence-electron chi connectivity index (χ4n) is 1.20. The first-order valence-electron chi connectivity index (χ1n) is 4.66. The molecule has 0 saturated carbocycles. The Morgan fingerprint density at radius 3 is 2.77 bits per heavy atom. The Labute approximate surface area is 88.7 Å². The van der Waals surface area contributed by atoms with Crippen molar-refractivity contribution in [3.8, 4) is 0 Å². The van der Waals surface area contributed by atoms with Crippen molar-refractivity contribution < 1.29 is 0 Å². The highest BCUT2D eigenvalue weighted by Gasteiger charge is 1.95. The van der Waals surface area contributed by atoms with Crippen molar-refractivity contribution in [3.05, 3.63) is 34.3 Å². The third-order valence-electron chi connectivity index (χ3n) is 1.86. The highest BCUT2D eigenvalue weighted by Crippen LogP contribution is 2.11.